The summed E-state index contributed by atoms with van der Waals surface area (Å²) in [6.07, 6.45) is -48.4. The van der Waals surface area contributed by atoms with Gasteiger partial charge in [-0.3, -0.25) is 9.47 Å². The molecule has 31 heavy (non-hydrogen) atoms. The van der Waals surface area contributed by atoms with Gasteiger partial charge in [0.25, 0.3) is 0 Å². The molecule has 0 N–H and O–H groups in total. The number of halogens is 20. The fourth-order valence-corrected chi connectivity index (χ4v) is 1.23. The minimum absolute atomic E-state index is 1.13. The lowest BCUT2D eigenvalue weighted by Crippen LogP contribution is -2.70. The van der Waals surface area contributed by atoms with E-state index >= 15 is 0 Å². The largest absolute Gasteiger partial charge is 0.462 e. The SMILES string of the molecule is FC(F)(F)C(F)(F)C(F)(F)OC(OC(F)(F)C(F)(F)C(F)(F)F)(C(F)(F)F)C(F)(F)F. The molecule has 0 aromatic heterocycles. The molecule has 0 amide bonds. The van der Waals surface area contributed by atoms with Gasteiger partial charge in [-0.1, -0.05) is 0 Å². The van der Waals surface area contributed by atoms with E-state index in [1.54, 1.807) is 0 Å². The molecule has 0 saturated heterocycles. The van der Waals surface area contributed by atoms with E-state index < -0.39 is 54.6 Å². The van der Waals surface area contributed by atoms with Crippen LogP contribution >= 0.6 is 0 Å². The van der Waals surface area contributed by atoms with E-state index in [1.165, 1.54) is 0 Å². The van der Waals surface area contributed by atoms with Crippen molar-refractivity contribution in [1.82, 2.24) is 0 Å². The van der Waals surface area contributed by atoms with Crippen molar-refractivity contribution in [2.24, 2.45) is 0 Å². The number of hydrogen-bond donors (Lipinski definition) is 0. The quantitative estimate of drug-likeness (QED) is 0.298. The zero-order valence-electron chi connectivity index (χ0n) is 12.9. The van der Waals surface area contributed by atoms with E-state index in [9.17, 15) is 87.8 Å². The van der Waals surface area contributed by atoms with Crippen LogP contribution in [0.2, 0.25) is 0 Å². The minimum atomic E-state index is -8.27. The second-order valence-corrected chi connectivity index (χ2v) is 4.99. The third-order valence-corrected chi connectivity index (χ3v) is 2.73. The first kappa shape index (κ1) is 29.5. The molecule has 0 bridgehead atoms. The van der Waals surface area contributed by atoms with E-state index in [1.807, 2.05) is 0 Å². The van der Waals surface area contributed by atoms with Gasteiger partial charge < -0.3 is 0 Å². The van der Waals surface area contributed by atoms with Crippen LogP contribution in [0.3, 0.4) is 0 Å². The van der Waals surface area contributed by atoms with Gasteiger partial charge in [0.2, 0.25) is 0 Å². The zero-order chi connectivity index (χ0) is 25.9. The zero-order valence-corrected chi connectivity index (χ0v) is 12.9. The Labute approximate surface area is 153 Å². The summed E-state index contributed by atoms with van der Waals surface area (Å²) in [5.41, 5.74) is 0. The maximum absolute atomic E-state index is 12.9. The van der Waals surface area contributed by atoms with Crippen LogP contribution in [0.5, 0.6) is 0 Å². The van der Waals surface area contributed by atoms with Crippen LogP contribution < -0.4 is 0 Å². The number of rotatable bonds is 6. The standard InChI is InChI=1S/C9F20O2/c10-1(11,4(14,15)16)8(26,27)30-3(6(20,21)22,7(23,24)25)31-9(28,29)2(12,13)5(17,18)19. The van der Waals surface area contributed by atoms with Crippen molar-refractivity contribution in [2.75, 3.05) is 0 Å². The minimum Gasteiger partial charge on any atom is -0.266 e. The van der Waals surface area contributed by atoms with Crippen LogP contribution in [0.15, 0.2) is 0 Å². The van der Waals surface area contributed by atoms with Crippen LogP contribution in [0.25, 0.3) is 0 Å². The van der Waals surface area contributed by atoms with E-state index in [0.29, 0.717) is 0 Å². The van der Waals surface area contributed by atoms with Crippen LogP contribution in [0.1, 0.15) is 0 Å². The van der Waals surface area contributed by atoms with Crippen LogP contribution in [-0.4, -0.2) is 54.6 Å². The molecule has 0 aromatic rings. The molecular weight excluding hydrogens is 520 g/mol. The van der Waals surface area contributed by atoms with Gasteiger partial charge in [0.05, 0.1) is 0 Å². The Morgan fingerprint density at radius 1 is 0.290 bits per heavy atom. The van der Waals surface area contributed by atoms with Crippen molar-refractivity contribution < 1.29 is 97.3 Å². The van der Waals surface area contributed by atoms with Crippen molar-refractivity contribution in [3.63, 3.8) is 0 Å². The van der Waals surface area contributed by atoms with E-state index in [4.69, 9.17) is 0 Å². The predicted octanol–water partition coefficient (Wildman–Crippen LogP) is 6.42. The molecule has 0 heterocycles. The van der Waals surface area contributed by atoms with E-state index in [0.717, 1.165) is 9.47 Å². The van der Waals surface area contributed by atoms with Gasteiger partial charge in [-0.05, 0) is 0 Å². The molecule has 0 rings (SSSR count). The van der Waals surface area contributed by atoms with Crippen molar-refractivity contribution in [3.8, 4) is 0 Å². The van der Waals surface area contributed by atoms with Crippen molar-refractivity contribution in [2.45, 2.75) is 54.6 Å². The monoisotopic (exact) mass is 520 g/mol. The summed E-state index contributed by atoms with van der Waals surface area (Å²) in [4.78, 5) is 0. The Kier molecular flexibility index (Phi) is 6.92. The average molecular weight is 520 g/mol. The second kappa shape index (κ2) is 7.27. The summed E-state index contributed by atoms with van der Waals surface area (Å²) >= 11 is 0. The van der Waals surface area contributed by atoms with Crippen LogP contribution in [0.4, 0.5) is 87.8 Å². The first-order chi connectivity index (χ1) is 12.9. The third kappa shape index (κ3) is 4.82. The molecule has 2 nitrogen and oxygen atoms in total. The molecule has 188 valence electrons. The third-order valence-electron chi connectivity index (χ3n) is 2.73. The average Bonchev–Trinajstić information content (AvgIpc) is 2.40. The lowest BCUT2D eigenvalue weighted by Gasteiger charge is -2.42. The Bertz CT molecular complexity index is 575. The molecule has 0 aliphatic heterocycles. The highest BCUT2D eigenvalue weighted by Gasteiger charge is 2.87. The molecule has 0 saturated carbocycles. The molecular formula is C9F20O2. The van der Waals surface area contributed by atoms with Gasteiger partial charge in [0, 0.05) is 0 Å². The molecule has 0 aliphatic carbocycles. The van der Waals surface area contributed by atoms with Gasteiger partial charge in [-0.2, -0.15) is 87.8 Å². The Morgan fingerprint density at radius 3 is 0.613 bits per heavy atom. The molecule has 0 radical (unpaired) electrons. The van der Waals surface area contributed by atoms with Gasteiger partial charge in [-0.25, -0.2) is 0 Å². The Morgan fingerprint density at radius 2 is 0.484 bits per heavy atom. The summed E-state index contributed by atoms with van der Waals surface area (Å²) in [6.45, 7) is 0. The molecule has 0 atom stereocenters. The number of hydrogen-bond acceptors (Lipinski definition) is 2. The first-order valence-corrected chi connectivity index (χ1v) is 6.10. The van der Waals surface area contributed by atoms with Gasteiger partial charge in [0.1, 0.15) is 0 Å². The summed E-state index contributed by atoms with van der Waals surface area (Å²) in [7, 11) is 0. The van der Waals surface area contributed by atoms with Crippen molar-refractivity contribution in [1.29, 1.82) is 0 Å². The summed E-state index contributed by atoms with van der Waals surface area (Å²) in [6, 6.07) is 0. The Balaban J connectivity index is 6.98. The van der Waals surface area contributed by atoms with E-state index in [-0.39, 0.29) is 0 Å². The van der Waals surface area contributed by atoms with E-state index in [2.05, 4.69) is 0 Å². The highest BCUT2D eigenvalue weighted by Crippen LogP contribution is 2.58. The van der Waals surface area contributed by atoms with Gasteiger partial charge in [0.15, 0.2) is 0 Å². The number of ether oxygens (including phenoxy) is 2. The van der Waals surface area contributed by atoms with Crippen molar-refractivity contribution >= 4 is 0 Å². The lowest BCUT2D eigenvalue weighted by molar-refractivity contribution is -0.585. The Hall–Kier alpha value is -1.48. The predicted molar refractivity (Wildman–Crippen MR) is 48.9 cm³/mol. The maximum Gasteiger partial charge on any atom is 0.462 e. The molecule has 0 unspecified atom stereocenters. The summed E-state index contributed by atoms with van der Waals surface area (Å²) in [5, 5.41) is 0. The topological polar surface area (TPSA) is 18.5 Å². The molecule has 0 spiro atoms. The first-order valence-electron chi connectivity index (χ1n) is 6.10. The highest BCUT2D eigenvalue weighted by molar-refractivity contribution is 4.96. The van der Waals surface area contributed by atoms with Crippen molar-refractivity contribution in [3.05, 3.63) is 0 Å². The van der Waals surface area contributed by atoms with Gasteiger partial charge >= 0.3 is 54.6 Å². The molecule has 22 heteroatoms. The van der Waals surface area contributed by atoms with Gasteiger partial charge in [-0.15, -0.1) is 0 Å². The van der Waals surface area contributed by atoms with Crippen LogP contribution in [-0.2, 0) is 9.47 Å². The maximum atomic E-state index is 12.9. The highest BCUT2D eigenvalue weighted by atomic mass is 19.4. The molecule has 0 fully saturated rings. The fraction of sp³-hybridized carbons (Fsp3) is 1.00. The summed E-state index contributed by atoms with van der Waals surface area (Å²) in [5.74, 6) is -24.4. The second-order valence-electron chi connectivity index (χ2n) is 4.99. The lowest BCUT2D eigenvalue weighted by atomic mass is 10.2. The van der Waals surface area contributed by atoms with Crippen LogP contribution in [0, 0.1) is 0 Å². The number of alkyl halides is 20. The summed E-state index contributed by atoms with van der Waals surface area (Å²) < 4.78 is 251. The molecule has 0 aromatic carbocycles. The fourth-order valence-electron chi connectivity index (χ4n) is 1.23. The molecule has 0 aliphatic rings. The smallest absolute Gasteiger partial charge is 0.266 e. The normalized spacial score (nSPS) is 16.6.